The third-order valence-corrected chi connectivity index (χ3v) is 3.55. The van der Waals surface area contributed by atoms with Gasteiger partial charge in [0.05, 0.1) is 13.3 Å². The molecule has 0 bridgehead atoms. The Morgan fingerprint density at radius 3 is 2.80 bits per heavy atom. The number of nitrogens with one attached hydrogen (secondary N) is 2. The fourth-order valence-electron chi connectivity index (χ4n) is 1.89. The largest absolute Gasteiger partial charge is 0.507 e. The topological polar surface area (TPSA) is 100 Å². The number of ether oxygens (including phenoxy) is 1. The lowest BCUT2D eigenvalue weighted by atomic mass is 10.2. The standard InChI is InChI=1S/C17H16BrN3O4/c1-25-14-4-2-3-13(8-14)20-16(23)9-17(24)21-19-10-11-7-12(18)5-6-15(11)22/h2-8,10,22H,9H2,1H3,(H,20,23)(H,21,24). The number of nitrogens with zero attached hydrogens (tertiary/aromatic N) is 1. The minimum atomic E-state index is -0.578. The Bertz CT molecular complexity index is 808. The van der Waals surface area contributed by atoms with Gasteiger partial charge in [0.2, 0.25) is 11.8 Å². The molecule has 2 amide bonds. The number of carbonyl (C=O) groups is 2. The predicted molar refractivity (Wildman–Crippen MR) is 97.8 cm³/mol. The first-order chi connectivity index (χ1) is 12.0. The molecule has 0 saturated carbocycles. The number of rotatable bonds is 6. The summed E-state index contributed by atoms with van der Waals surface area (Å²) in [6.07, 6.45) is 0.900. The van der Waals surface area contributed by atoms with Gasteiger partial charge < -0.3 is 15.2 Å². The summed E-state index contributed by atoms with van der Waals surface area (Å²) in [5, 5.41) is 16.0. The number of carbonyl (C=O) groups excluding carboxylic acids is 2. The normalized spacial score (nSPS) is 10.5. The molecule has 0 aliphatic heterocycles. The fourth-order valence-corrected chi connectivity index (χ4v) is 2.27. The number of benzene rings is 2. The highest BCUT2D eigenvalue weighted by Crippen LogP contribution is 2.20. The molecule has 8 heteroatoms. The van der Waals surface area contributed by atoms with Gasteiger partial charge in [0.15, 0.2) is 0 Å². The summed E-state index contributed by atoms with van der Waals surface area (Å²) in [5.74, 6) is -0.435. The summed E-state index contributed by atoms with van der Waals surface area (Å²) in [7, 11) is 1.52. The number of phenols is 1. The number of hydrogen-bond acceptors (Lipinski definition) is 5. The first-order valence-corrected chi connectivity index (χ1v) is 8.01. The Hall–Kier alpha value is -2.87. The van der Waals surface area contributed by atoms with Crippen LogP contribution >= 0.6 is 15.9 Å². The number of phenolic OH excluding ortho intramolecular Hbond substituents is 1. The third kappa shape index (κ3) is 5.92. The van der Waals surface area contributed by atoms with Crippen LogP contribution in [0.25, 0.3) is 0 Å². The second kappa shape index (κ2) is 8.84. The van der Waals surface area contributed by atoms with Crippen molar-refractivity contribution < 1.29 is 19.4 Å². The molecule has 7 nitrogen and oxygen atoms in total. The molecule has 0 unspecified atom stereocenters. The van der Waals surface area contributed by atoms with Crippen LogP contribution in [0, 0.1) is 0 Å². The molecule has 3 N–H and O–H groups in total. The first-order valence-electron chi connectivity index (χ1n) is 7.22. The van der Waals surface area contributed by atoms with Crippen LogP contribution in [0.15, 0.2) is 52.0 Å². The third-order valence-electron chi connectivity index (χ3n) is 3.06. The monoisotopic (exact) mass is 405 g/mol. The quantitative estimate of drug-likeness (QED) is 0.390. The smallest absolute Gasteiger partial charge is 0.249 e. The number of amides is 2. The second-order valence-electron chi connectivity index (χ2n) is 4.95. The Kier molecular flexibility index (Phi) is 6.53. The average Bonchev–Trinajstić information content (AvgIpc) is 2.58. The lowest BCUT2D eigenvalue weighted by molar-refractivity contribution is -0.126. The van der Waals surface area contributed by atoms with Crippen molar-refractivity contribution in [1.29, 1.82) is 0 Å². The van der Waals surface area contributed by atoms with Crippen molar-refractivity contribution in [3.63, 3.8) is 0 Å². The summed E-state index contributed by atoms with van der Waals surface area (Å²) < 4.78 is 5.82. The minimum absolute atomic E-state index is 0.0250. The Morgan fingerprint density at radius 1 is 1.24 bits per heavy atom. The van der Waals surface area contributed by atoms with Crippen LogP contribution in [-0.4, -0.2) is 30.2 Å². The summed E-state index contributed by atoms with van der Waals surface area (Å²) >= 11 is 3.27. The molecule has 0 aliphatic rings. The Morgan fingerprint density at radius 2 is 2.04 bits per heavy atom. The van der Waals surface area contributed by atoms with Crippen LogP contribution in [0.3, 0.4) is 0 Å². The maximum atomic E-state index is 11.8. The van der Waals surface area contributed by atoms with Crippen LogP contribution in [0.4, 0.5) is 5.69 Å². The van der Waals surface area contributed by atoms with Gasteiger partial charge in [0.1, 0.15) is 17.9 Å². The van der Waals surface area contributed by atoms with Gasteiger partial charge in [-0.25, -0.2) is 5.43 Å². The van der Waals surface area contributed by atoms with E-state index in [2.05, 4.69) is 31.8 Å². The molecule has 2 aromatic carbocycles. The maximum Gasteiger partial charge on any atom is 0.249 e. The van der Waals surface area contributed by atoms with E-state index in [1.807, 2.05) is 0 Å². The van der Waals surface area contributed by atoms with Crippen molar-refractivity contribution in [3.8, 4) is 11.5 Å². The lowest BCUT2D eigenvalue weighted by Gasteiger charge is -2.06. The molecule has 130 valence electrons. The lowest BCUT2D eigenvalue weighted by Crippen LogP contribution is -2.24. The highest BCUT2D eigenvalue weighted by Gasteiger charge is 2.09. The van der Waals surface area contributed by atoms with Gasteiger partial charge in [0, 0.05) is 21.8 Å². The molecule has 0 spiro atoms. The van der Waals surface area contributed by atoms with Crippen LogP contribution < -0.4 is 15.5 Å². The molecule has 0 aromatic heterocycles. The maximum absolute atomic E-state index is 11.8. The van der Waals surface area contributed by atoms with Gasteiger partial charge in [-0.15, -0.1) is 0 Å². The summed E-state index contributed by atoms with van der Waals surface area (Å²) in [5.41, 5.74) is 3.19. The average molecular weight is 406 g/mol. The molecule has 0 aliphatic carbocycles. The van der Waals surface area contributed by atoms with Gasteiger partial charge in [0.25, 0.3) is 0 Å². The van der Waals surface area contributed by atoms with Crippen molar-refractivity contribution in [1.82, 2.24) is 5.43 Å². The van der Waals surface area contributed by atoms with E-state index in [1.54, 1.807) is 36.4 Å². The molecule has 0 radical (unpaired) electrons. The molecule has 0 saturated heterocycles. The van der Waals surface area contributed by atoms with Gasteiger partial charge in [-0.05, 0) is 30.3 Å². The van der Waals surface area contributed by atoms with E-state index in [9.17, 15) is 14.7 Å². The molecule has 0 heterocycles. The van der Waals surface area contributed by atoms with E-state index in [0.717, 1.165) is 4.47 Å². The van der Waals surface area contributed by atoms with E-state index in [1.165, 1.54) is 19.4 Å². The number of aromatic hydroxyl groups is 1. The summed E-state index contributed by atoms with van der Waals surface area (Å²) in [6.45, 7) is 0. The zero-order valence-electron chi connectivity index (χ0n) is 13.3. The van der Waals surface area contributed by atoms with E-state index < -0.39 is 11.8 Å². The number of hydrazone groups is 1. The molecular formula is C17H16BrN3O4. The van der Waals surface area contributed by atoms with E-state index in [-0.39, 0.29) is 12.2 Å². The number of methoxy groups -OCH3 is 1. The van der Waals surface area contributed by atoms with Gasteiger partial charge in [-0.3, -0.25) is 9.59 Å². The molecule has 25 heavy (non-hydrogen) atoms. The SMILES string of the molecule is COc1cccc(NC(=O)CC(=O)NN=Cc2cc(Br)ccc2O)c1. The van der Waals surface area contributed by atoms with E-state index in [4.69, 9.17) is 4.74 Å². The van der Waals surface area contributed by atoms with E-state index in [0.29, 0.717) is 17.0 Å². The number of anilines is 1. The van der Waals surface area contributed by atoms with Gasteiger partial charge >= 0.3 is 0 Å². The molecular weight excluding hydrogens is 390 g/mol. The number of halogens is 1. The molecule has 0 atom stereocenters. The highest BCUT2D eigenvalue weighted by atomic mass is 79.9. The Labute approximate surface area is 152 Å². The van der Waals surface area contributed by atoms with Crippen LogP contribution in [-0.2, 0) is 9.59 Å². The first kappa shape index (κ1) is 18.5. The van der Waals surface area contributed by atoms with Crippen LogP contribution in [0.2, 0.25) is 0 Å². The second-order valence-corrected chi connectivity index (χ2v) is 5.87. The molecule has 2 rings (SSSR count). The summed E-state index contributed by atoms with van der Waals surface area (Å²) in [6, 6.07) is 11.6. The van der Waals surface area contributed by atoms with Crippen molar-refractivity contribution in [2.45, 2.75) is 6.42 Å². The van der Waals surface area contributed by atoms with Crippen molar-refractivity contribution in [3.05, 3.63) is 52.5 Å². The van der Waals surface area contributed by atoms with Crippen molar-refractivity contribution in [2.75, 3.05) is 12.4 Å². The molecule has 0 fully saturated rings. The van der Waals surface area contributed by atoms with Gasteiger partial charge in [-0.1, -0.05) is 22.0 Å². The summed E-state index contributed by atoms with van der Waals surface area (Å²) in [4.78, 5) is 23.6. The molecule has 2 aromatic rings. The van der Waals surface area contributed by atoms with Crippen LogP contribution in [0.5, 0.6) is 11.5 Å². The minimum Gasteiger partial charge on any atom is -0.507 e. The Balaban J connectivity index is 1.86. The zero-order valence-corrected chi connectivity index (χ0v) is 14.9. The van der Waals surface area contributed by atoms with Crippen LogP contribution in [0.1, 0.15) is 12.0 Å². The highest BCUT2D eigenvalue weighted by molar-refractivity contribution is 9.10. The predicted octanol–water partition coefficient (Wildman–Crippen LogP) is 2.64. The van der Waals surface area contributed by atoms with E-state index >= 15 is 0 Å². The van der Waals surface area contributed by atoms with Crippen molar-refractivity contribution in [2.24, 2.45) is 5.10 Å². The van der Waals surface area contributed by atoms with Crippen molar-refractivity contribution >= 4 is 39.6 Å². The zero-order chi connectivity index (χ0) is 18.2. The number of hydrogen-bond donors (Lipinski definition) is 3. The fraction of sp³-hybridized carbons (Fsp3) is 0.118. The van der Waals surface area contributed by atoms with Gasteiger partial charge in [-0.2, -0.15) is 5.10 Å².